The second-order valence-electron chi connectivity index (χ2n) is 5.36. The van der Waals surface area contributed by atoms with E-state index >= 15 is 0 Å². The summed E-state index contributed by atoms with van der Waals surface area (Å²) in [5.41, 5.74) is 1.10. The Kier molecular flexibility index (Phi) is 4.05. The molecule has 0 radical (unpaired) electrons. The minimum atomic E-state index is -0.221. The first-order valence-corrected chi connectivity index (χ1v) is 6.62. The lowest BCUT2D eigenvalue weighted by Crippen LogP contribution is -2.29. The number of hydrogen-bond acceptors (Lipinski definition) is 1. The number of rotatable bonds is 4. The van der Waals surface area contributed by atoms with Gasteiger partial charge in [-0.05, 0) is 30.4 Å². The second-order valence-corrected chi connectivity index (χ2v) is 5.79. The lowest BCUT2D eigenvalue weighted by Gasteiger charge is -2.23. The van der Waals surface area contributed by atoms with Crippen LogP contribution >= 0.6 is 11.6 Å². The summed E-state index contributed by atoms with van der Waals surface area (Å²) in [6.07, 6.45) is 5.22. The summed E-state index contributed by atoms with van der Waals surface area (Å²) in [6.45, 7) is 3.86. The molecule has 1 aromatic carbocycles. The van der Waals surface area contributed by atoms with E-state index in [-0.39, 0.29) is 5.82 Å². The molecule has 1 aliphatic carbocycles. The highest BCUT2D eigenvalue weighted by atomic mass is 35.5. The van der Waals surface area contributed by atoms with Gasteiger partial charge in [0, 0.05) is 23.7 Å². The molecule has 3 heteroatoms. The predicted molar refractivity (Wildman–Crippen MR) is 69.7 cm³/mol. The average Bonchev–Trinajstić information content (AvgIpc) is 2.69. The van der Waals surface area contributed by atoms with Crippen molar-refractivity contribution in [3.05, 3.63) is 34.6 Å². The van der Waals surface area contributed by atoms with E-state index in [1.54, 1.807) is 12.1 Å². The third kappa shape index (κ3) is 3.43. The van der Waals surface area contributed by atoms with Crippen molar-refractivity contribution in [2.24, 2.45) is 5.41 Å². The van der Waals surface area contributed by atoms with E-state index < -0.39 is 0 Å². The molecule has 1 nitrogen and oxygen atoms in total. The largest absolute Gasteiger partial charge is 0.312 e. The fourth-order valence-corrected chi connectivity index (χ4v) is 2.73. The van der Waals surface area contributed by atoms with E-state index in [0.717, 1.165) is 6.54 Å². The molecular formula is C14H19ClFN. The molecule has 0 spiro atoms. The van der Waals surface area contributed by atoms with Crippen molar-refractivity contribution in [3.8, 4) is 0 Å². The zero-order valence-electron chi connectivity index (χ0n) is 10.2. The van der Waals surface area contributed by atoms with Crippen LogP contribution in [0.5, 0.6) is 0 Å². The highest BCUT2D eigenvalue weighted by Gasteiger charge is 2.27. The zero-order valence-corrected chi connectivity index (χ0v) is 11.0. The van der Waals surface area contributed by atoms with Gasteiger partial charge in [0.05, 0.1) is 0 Å². The molecule has 0 amide bonds. The van der Waals surface area contributed by atoms with Crippen LogP contribution in [-0.4, -0.2) is 6.54 Å². The van der Waals surface area contributed by atoms with Crippen LogP contribution in [0.25, 0.3) is 0 Å². The van der Waals surface area contributed by atoms with E-state index in [1.165, 1.54) is 31.7 Å². The minimum absolute atomic E-state index is 0.221. The third-order valence-corrected chi connectivity index (χ3v) is 3.93. The lowest BCUT2D eigenvalue weighted by molar-refractivity contribution is 0.314. The Morgan fingerprint density at radius 1 is 1.35 bits per heavy atom. The van der Waals surface area contributed by atoms with Crippen molar-refractivity contribution >= 4 is 11.6 Å². The van der Waals surface area contributed by atoms with E-state index in [9.17, 15) is 4.39 Å². The zero-order chi connectivity index (χ0) is 12.3. The van der Waals surface area contributed by atoms with E-state index in [0.29, 0.717) is 22.5 Å². The minimum Gasteiger partial charge on any atom is -0.312 e. The predicted octanol–water partition coefficient (Wildman–Crippen LogP) is 4.15. The lowest BCUT2D eigenvalue weighted by atomic mass is 9.89. The van der Waals surface area contributed by atoms with Crippen LogP contribution in [0.15, 0.2) is 18.2 Å². The molecule has 17 heavy (non-hydrogen) atoms. The maximum atomic E-state index is 13.5. The summed E-state index contributed by atoms with van der Waals surface area (Å²) in [4.78, 5) is 0. The Morgan fingerprint density at radius 2 is 2.06 bits per heavy atom. The maximum absolute atomic E-state index is 13.5. The van der Waals surface area contributed by atoms with Gasteiger partial charge in [0.25, 0.3) is 0 Å². The first-order valence-electron chi connectivity index (χ1n) is 6.24. The fourth-order valence-electron chi connectivity index (χ4n) is 2.57. The summed E-state index contributed by atoms with van der Waals surface area (Å²) in [7, 11) is 0. The summed E-state index contributed by atoms with van der Waals surface area (Å²) in [6, 6.07) is 4.86. The summed E-state index contributed by atoms with van der Waals surface area (Å²) < 4.78 is 13.5. The van der Waals surface area contributed by atoms with Crippen molar-refractivity contribution < 1.29 is 4.39 Å². The molecule has 0 aliphatic heterocycles. The van der Waals surface area contributed by atoms with E-state index in [2.05, 4.69) is 12.2 Å². The van der Waals surface area contributed by atoms with Crippen molar-refractivity contribution in [2.45, 2.75) is 39.2 Å². The van der Waals surface area contributed by atoms with Crippen LogP contribution in [0, 0.1) is 11.2 Å². The number of hydrogen-bond donors (Lipinski definition) is 1. The molecule has 94 valence electrons. The van der Waals surface area contributed by atoms with Gasteiger partial charge in [0.1, 0.15) is 5.82 Å². The molecule has 0 saturated heterocycles. The SMILES string of the molecule is CC1(CNCc2ccc(Cl)cc2F)CCCC1. The Morgan fingerprint density at radius 3 is 2.71 bits per heavy atom. The molecule has 0 unspecified atom stereocenters. The summed E-state index contributed by atoms with van der Waals surface area (Å²) in [5, 5.41) is 3.81. The van der Waals surface area contributed by atoms with Gasteiger partial charge in [0.2, 0.25) is 0 Å². The van der Waals surface area contributed by atoms with Gasteiger partial charge in [0.15, 0.2) is 0 Å². The van der Waals surface area contributed by atoms with Crippen LogP contribution in [-0.2, 0) is 6.54 Å². The van der Waals surface area contributed by atoms with Crippen molar-refractivity contribution in [1.29, 1.82) is 0 Å². The van der Waals surface area contributed by atoms with Gasteiger partial charge in [-0.1, -0.05) is 37.4 Å². The van der Waals surface area contributed by atoms with Crippen molar-refractivity contribution in [3.63, 3.8) is 0 Å². The molecule has 0 aromatic heterocycles. The molecule has 1 aliphatic rings. The number of benzene rings is 1. The van der Waals surface area contributed by atoms with Crippen LogP contribution in [0.1, 0.15) is 38.2 Å². The molecule has 1 saturated carbocycles. The van der Waals surface area contributed by atoms with E-state index in [4.69, 9.17) is 11.6 Å². The van der Waals surface area contributed by atoms with Gasteiger partial charge >= 0.3 is 0 Å². The van der Waals surface area contributed by atoms with E-state index in [1.807, 2.05) is 0 Å². The number of halogens is 2. The first-order chi connectivity index (χ1) is 8.09. The highest BCUT2D eigenvalue weighted by Crippen LogP contribution is 2.36. The molecule has 1 aromatic rings. The normalized spacial score (nSPS) is 18.5. The smallest absolute Gasteiger partial charge is 0.129 e. The van der Waals surface area contributed by atoms with Crippen molar-refractivity contribution in [1.82, 2.24) is 5.32 Å². The van der Waals surface area contributed by atoms with Gasteiger partial charge < -0.3 is 5.32 Å². The molecule has 0 heterocycles. The van der Waals surface area contributed by atoms with Crippen LogP contribution < -0.4 is 5.32 Å². The molecular weight excluding hydrogens is 237 g/mol. The molecule has 0 bridgehead atoms. The topological polar surface area (TPSA) is 12.0 Å². The number of nitrogens with one attached hydrogen (secondary N) is 1. The van der Waals surface area contributed by atoms with Gasteiger partial charge in [-0.2, -0.15) is 0 Å². The molecule has 2 rings (SSSR count). The molecule has 1 N–H and O–H groups in total. The maximum Gasteiger partial charge on any atom is 0.129 e. The molecule has 1 fully saturated rings. The monoisotopic (exact) mass is 255 g/mol. The molecule has 0 atom stereocenters. The van der Waals surface area contributed by atoms with Crippen LogP contribution in [0.2, 0.25) is 5.02 Å². The average molecular weight is 256 g/mol. The standard InChI is InChI=1S/C14H19ClFN/c1-14(6-2-3-7-14)10-17-9-11-4-5-12(15)8-13(11)16/h4-5,8,17H,2-3,6-7,9-10H2,1H3. The van der Waals surface area contributed by atoms with Gasteiger partial charge in [-0.25, -0.2) is 4.39 Å². The third-order valence-electron chi connectivity index (χ3n) is 3.69. The van der Waals surface area contributed by atoms with Crippen LogP contribution in [0.3, 0.4) is 0 Å². The Labute approximate surface area is 107 Å². The summed E-state index contributed by atoms with van der Waals surface area (Å²) in [5.74, 6) is -0.221. The Hall–Kier alpha value is -0.600. The van der Waals surface area contributed by atoms with Crippen LogP contribution in [0.4, 0.5) is 4.39 Å². The van der Waals surface area contributed by atoms with Crippen molar-refractivity contribution in [2.75, 3.05) is 6.54 Å². The Bertz CT molecular complexity index is 386. The van der Waals surface area contributed by atoms with Gasteiger partial charge in [-0.3, -0.25) is 0 Å². The first kappa shape index (κ1) is 12.8. The van der Waals surface area contributed by atoms with Gasteiger partial charge in [-0.15, -0.1) is 0 Å². The summed E-state index contributed by atoms with van der Waals surface area (Å²) >= 11 is 5.72. The second kappa shape index (κ2) is 5.36. The highest BCUT2D eigenvalue weighted by molar-refractivity contribution is 6.30. The fraction of sp³-hybridized carbons (Fsp3) is 0.571. The quantitative estimate of drug-likeness (QED) is 0.852. The Balaban J connectivity index is 1.85.